The van der Waals surface area contributed by atoms with Crippen molar-refractivity contribution in [1.82, 2.24) is 0 Å². The molecule has 0 nitrogen and oxygen atoms in total. The van der Waals surface area contributed by atoms with E-state index in [9.17, 15) is 0 Å². The van der Waals surface area contributed by atoms with E-state index < -0.39 is 7.26 Å². The van der Waals surface area contributed by atoms with Crippen molar-refractivity contribution < 1.29 is 17.0 Å². The molecule has 33 heavy (non-hydrogen) atoms. The van der Waals surface area contributed by atoms with Gasteiger partial charge in [0.25, 0.3) is 0 Å². The molecular formula is C31H40BrP. The minimum atomic E-state index is -1.66. The zero-order valence-electron chi connectivity index (χ0n) is 20.2. The van der Waals surface area contributed by atoms with Crippen LogP contribution < -0.4 is 32.9 Å². The molecule has 2 heteroatoms. The van der Waals surface area contributed by atoms with Crippen LogP contribution in [0.2, 0.25) is 0 Å². The van der Waals surface area contributed by atoms with Crippen molar-refractivity contribution in [3.63, 3.8) is 0 Å². The Hall–Kier alpha value is -1.43. The summed E-state index contributed by atoms with van der Waals surface area (Å²) in [6, 6.07) is 34.2. The maximum atomic E-state index is 2.39. The first-order chi connectivity index (χ1) is 15.8. The van der Waals surface area contributed by atoms with Crippen LogP contribution in [-0.4, -0.2) is 6.16 Å². The van der Waals surface area contributed by atoms with Gasteiger partial charge in [0.1, 0.15) is 23.2 Å². The predicted molar refractivity (Wildman–Crippen MR) is 144 cm³/mol. The van der Waals surface area contributed by atoms with Gasteiger partial charge in [0.2, 0.25) is 0 Å². The molecule has 0 bridgehead atoms. The molecule has 0 heterocycles. The monoisotopic (exact) mass is 522 g/mol. The summed E-state index contributed by atoms with van der Waals surface area (Å²) in [6.07, 6.45) is 14.1. The van der Waals surface area contributed by atoms with E-state index in [1.807, 2.05) is 0 Å². The third-order valence-corrected chi connectivity index (χ3v) is 12.1. The first-order valence-corrected chi connectivity index (χ1v) is 14.8. The Bertz CT molecular complexity index is 805. The van der Waals surface area contributed by atoms with Gasteiger partial charge in [0, 0.05) is 0 Å². The maximum absolute atomic E-state index is 2.39. The molecule has 0 N–H and O–H groups in total. The van der Waals surface area contributed by atoms with Crippen molar-refractivity contribution in [1.29, 1.82) is 0 Å². The number of halogens is 1. The standard InChI is InChI=1S/C31H40P.BrH/c1-2-3-7-14-27-21-23-28(24-22-27)25-26-32(29-15-8-4-9-16-29,30-17-10-5-11-18-30)31-19-12-6-13-20-31;/h4-6,8-13,15-20,27-28H,2-3,7,14,21-26H2,1H3;1H/q+1;/p-1. The molecule has 0 spiro atoms. The third-order valence-electron chi connectivity index (χ3n) is 7.65. The molecule has 0 aliphatic heterocycles. The summed E-state index contributed by atoms with van der Waals surface area (Å²) >= 11 is 0. The smallest absolute Gasteiger partial charge is 0.112 e. The molecule has 4 rings (SSSR count). The molecule has 1 fully saturated rings. The lowest BCUT2D eigenvalue weighted by molar-refractivity contribution is -0.00000649. The molecule has 0 aromatic heterocycles. The Morgan fingerprint density at radius 1 is 0.576 bits per heavy atom. The van der Waals surface area contributed by atoms with Gasteiger partial charge in [-0.1, -0.05) is 113 Å². The van der Waals surface area contributed by atoms with Gasteiger partial charge >= 0.3 is 0 Å². The molecule has 1 saturated carbocycles. The normalized spacial score (nSPS) is 18.5. The van der Waals surface area contributed by atoms with Crippen LogP contribution in [0.5, 0.6) is 0 Å². The molecule has 0 saturated heterocycles. The molecule has 1 aliphatic carbocycles. The number of benzene rings is 3. The van der Waals surface area contributed by atoms with E-state index in [1.54, 1.807) is 0 Å². The molecule has 1 aliphatic rings. The minimum absolute atomic E-state index is 0. The Morgan fingerprint density at radius 2 is 0.970 bits per heavy atom. The average molecular weight is 524 g/mol. The third kappa shape index (κ3) is 6.58. The first-order valence-electron chi connectivity index (χ1n) is 12.9. The maximum Gasteiger partial charge on any atom is 0.112 e. The molecule has 0 unspecified atom stereocenters. The van der Waals surface area contributed by atoms with Gasteiger partial charge in [-0.2, -0.15) is 0 Å². The van der Waals surface area contributed by atoms with Crippen LogP contribution in [0.3, 0.4) is 0 Å². The molecule has 0 amide bonds. The highest BCUT2D eigenvalue weighted by Crippen LogP contribution is 2.56. The largest absolute Gasteiger partial charge is 1.00 e. The SMILES string of the molecule is CCCCCC1CCC(CC[P+](c2ccccc2)(c2ccccc2)c2ccccc2)CC1.[Br-]. The summed E-state index contributed by atoms with van der Waals surface area (Å²) in [4.78, 5) is 0. The molecular weight excluding hydrogens is 483 g/mol. The van der Waals surface area contributed by atoms with Gasteiger partial charge in [0.15, 0.2) is 0 Å². The molecule has 0 atom stereocenters. The van der Waals surface area contributed by atoms with Gasteiger partial charge in [0.05, 0.1) is 6.16 Å². The van der Waals surface area contributed by atoms with E-state index in [1.165, 1.54) is 79.9 Å². The average Bonchev–Trinajstić information content (AvgIpc) is 2.87. The summed E-state index contributed by atoms with van der Waals surface area (Å²) in [6.45, 7) is 2.32. The summed E-state index contributed by atoms with van der Waals surface area (Å²) in [5.41, 5.74) is 0. The molecule has 0 radical (unpaired) electrons. The van der Waals surface area contributed by atoms with Crippen molar-refractivity contribution in [2.45, 2.75) is 64.7 Å². The number of rotatable bonds is 10. The van der Waals surface area contributed by atoms with Crippen LogP contribution in [-0.2, 0) is 0 Å². The van der Waals surface area contributed by atoms with Gasteiger partial charge in [-0.15, -0.1) is 0 Å². The fourth-order valence-electron chi connectivity index (χ4n) is 5.75. The number of hydrogen-bond donors (Lipinski definition) is 0. The van der Waals surface area contributed by atoms with Gasteiger partial charge < -0.3 is 17.0 Å². The fraction of sp³-hybridized carbons (Fsp3) is 0.419. The minimum Gasteiger partial charge on any atom is -1.00 e. The van der Waals surface area contributed by atoms with Crippen LogP contribution >= 0.6 is 7.26 Å². The topological polar surface area (TPSA) is 0 Å². The Kier molecular flexibility index (Phi) is 10.7. The van der Waals surface area contributed by atoms with Crippen LogP contribution in [0.15, 0.2) is 91.0 Å². The van der Waals surface area contributed by atoms with Crippen molar-refractivity contribution in [3.05, 3.63) is 91.0 Å². The van der Waals surface area contributed by atoms with Crippen molar-refractivity contribution in [2.24, 2.45) is 11.8 Å². The Balaban J connectivity index is 0.00000306. The lowest BCUT2D eigenvalue weighted by Gasteiger charge is -2.32. The van der Waals surface area contributed by atoms with Crippen molar-refractivity contribution in [3.8, 4) is 0 Å². The summed E-state index contributed by atoms with van der Waals surface area (Å²) < 4.78 is 0. The Morgan fingerprint density at radius 3 is 1.36 bits per heavy atom. The van der Waals surface area contributed by atoms with E-state index >= 15 is 0 Å². The second-order valence-electron chi connectivity index (χ2n) is 9.71. The lowest BCUT2D eigenvalue weighted by Crippen LogP contribution is -3.00. The van der Waals surface area contributed by atoms with Gasteiger partial charge in [-0.25, -0.2) is 0 Å². The highest BCUT2D eigenvalue weighted by molar-refractivity contribution is 7.95. The van der Waals surface area contributed by atoms with E-state index in [4.69, 9.17) is 0 Å². The summed E-state index contributed by atoms with van der Waals surface area (Å²) in [7, 11) is -1.66. The van der Waals surface area contributed by atoms with Crippen LogP contribution in [0.4, 0.5) is 0 Å². The van der Waals surface area contributed by atoms with Crippen LogP contribution in [0.25, 0.3) is 0 Å². The summed E-state index contributed by atoms with van der Waals surface area (Å²) in [5, 5.41) is 4.60. The van der Waals surface area contributed by atoms with E-state index in [2.05, 4.69) is 97.9 Å². The second-order valence-corrected chi connectivity index (χ2v) is 13.3. The summed E-state index contributed by atoms with van der Waals surface area (Å²) in [5.74, 6) is 1.89. The molecule has 176 valence electrons. The number of unbranched alkanes of at least 4 members (excludes halogenated alkanes) is 2. The van der Waals surface area contributed by atoms with Crippen molar-refractivity contribution in [2.75, 3.05) is 6.16 Å². The quantitative estimate of drug-likeness (QED) is 0.266. The van der Waals surface area contributed by atoms with E-state index in [-0.39, 0.29) is 17.0 Å². The lowest BCUT2D eigenvalue weighted by atomic mass is 9.79. The number of hydrogen-bond acceptors (Lipinski definition) is 0. The first kappa shape index (κ1) is 26.2. The van der Waals surface area contributed by atoms with Gasteiger partial charge in [-0.05, 0) is 54.7 Å². The van der Waals surface area contributed by atoms with E-state index in [0.717, 1.165) is 11.8 Å². The molecule has 3 aromatic carbocycles. The highest BCUT2D eigenvalue weighted by atomic mass is 79.9. The van der Waals surface area contributed by atoms with Crippen molar-refractivity contribution >= 4 is 23.2 Å². The van der Waals surface area contributed by atoms with Crippen LogP contribution in [0, 0.1) is 11.8 Å². The predicted octanol–water partition coefficient (Wildman–Crippen LogP) is 4.76. The Labute approximate surface area is 213 Å². The van der Waals surface area contributed by atoms with Crippen LogP contribution in [0.1, 0.15) is 64.7 Å². The van der Waals surface area contributed by atoms with Gasteiger partial charge in [-0.3, -0.25) is 0 Å². The molecule has 3 aromatic rings. The zero-order valence-corrected chi connectivity index (χ0v) is 22.7. The second kappa shape index (κ2) is 13.5. The zero-order chi connectivity index (χ0) is 22.1. The fourth-order valence-corrected chi connectivity index (χ4v) is 10.2. The highest BCUT2D eigenvalue weighted by Gasteiger charge is 2.45. The van der Waals surface area contributed by atoms with E-state index in [0.29, 0.717) is 0 Å².